The number of amides is 1. The van der Waals surface area contributed by atoms with Gasteiger partial charge >= 0.3 is 0 Å². The second-order valence-corrected chi connectivity index (χ2v) is 5.19. The molecule has 2 heterocycles. The lowest BCUT2D eigenvalue weighted by Crippen LogP contribution is -2.14. The van der Waals surface area contributed by atoms with Crippen molar-refractivity contribution < 1.29 is 4.79 Å². The maximum atomic E-state index is 11.8. The van der Waals surface area contributed by atoms with Gasteiger partial charge in [-0.15, -0.1) is 10.2 Å². The van der Waals surface area contributed by atoms with Crippen molar-refractivity contribution in [2.75, 3.05) is 5.32 Å². The van der Waals surface area contributed by atoms with Crippen molar-refractivity contribution in [3.63, 3.8) is 0 Å². The second kappa shape index (κ2) is 5.68. The fourth-order valence-electron chi connectivity index (χ4n) is 1.37. The number of nitrogens with one attached hydrogen (secondary N) is 1. The molecule has 0 aliphatic heterocycles. The third-order valence-corrected chi connectivity index (χ3v) is 3.43. The molecular formula is C12H14N4OS. The Labute approximate surface area is 109 Å². The molecule has 0 aromatic carbocycles. The standard InChI is InChI=1S/C12H14N4OS/c1-8(2)11-15-16-12(18-11)14-10(17)7-9-3-5-13-6-4-9/h3-6,8H,7H2,1-2H3,(H,14,16,17). The topological polar surface area (TPSA) is 67.8 Å². The van der Waals surface area contributed by atoms with Crippen LogP contribution >= 0.6 is 11.3 Å². The Morgan fingerprint density at radius 1 is 1.33 bits per heavy atom. The molecule has 5 nitrogen and oxygen atoms in total. The smallest absolute Gasteiger partial charge is 0.230 e. The number of hydrogen-bond donors (Lipinski definition) is 1. The van der Waals surface area contributed by atoms with E-state index >= 15 is 0 Å². The minimum atomic E-state index is -0.0901. The van der Waals surface area contributed by atoms with E-state index in [0.717, 1.165) is 10.6 Å². The van der Waals surface area contributed by atoms with E-state index in [4.69, 9.17) is 0 Å². The summed E-state index contributed by atoms with van der Waals surface area (Å²) < 4.78 is 0. The van der Waals surface area contributed by atoms with Crippen LogP contribution in [0.2, 0.25) is 0 Å². The Morgan fingerprint density at radius 3 is 2.67 bits per heavy atom. The Balaban J connectivity index is 1.95. The van der Waals surface area contributed by atoms with E-state index in [1.807, 2.05) is 26.0 Å². The molecule has 18 heavy (non-hydrogen) atoms. The van der Waals surface area contributed by atoms with Crippen molar-refractivity contribution in [1.29, 1.82) is 0 Å². The summed E-state index contributed by atoms with van der Waals surface area (Å²) in [6.45, 7) is 4.09. The molecule has 1 N–H and O–H groups in total. The van der Waals surface area contributed by atoms with Gasteiger partial charge in [-0.25, -0.2) is 0 Å². The highest BCUT2D eigenvalue weighted by Crippen LogP contribution is 2.22. The summed E-state index contributed by atoms with van der Waals surface area (Å²) in [5.41, 5.74) is 0.927. The second-order valence-electron chi connectivity index (χ2n) is 4.18. The van der Waals surface area contributed by atoms with Crippen LogP contribution in [-0.2, 0) is 11.2 Å². The molecule has 0 fully saturated rings. The zero-order valence-corrected chi connectivity index (χ0v) is 11.1. The highest BCUT2D eigenvalue weighted by molar-refractivity contribution is 7.15. The van der Waals surface area contributed by atoms with E-state index < -0.39 is 0 Å². The molecule has 94 valence electrons. The summed E-state index contributed by atoms with van der Waals surface area (Å²) in [6.07, 6.45) is 3.66. The van der Waals surface area contributed by atoms with Crippen LogP contribution in [0.1, 0.15) is 30.3 Å². The van der Waals surface area contributed by atoms with Crippen molar-refractivity contribution in [2.45, 2.75) is 26.2 Å². The monoisotopic (exact) mass is 262 g/mol. The molecule has 0 bridgehead atoms. The molecular weight excluding hydrogens is 248 g/mol. The molecule has 0 aliphatic carbocycles. The molecule has 0 unspecified atom stereocenters. The Bertz CT molecular complexity index is 524. The summed E-state index contributed by atoms with van der Waals surface area (Å²) in [4.78, 5) is 15.7. The molecule has 1 amide bonds. The van der Waals surface area contributed by atoms with Gasteiger partial charge in [0.1, 0.15) is 5.01 Å². The van der Waals surface area contributed by atoms with E-state index in [2.05, 4.69) is 20.5 Å². The molecule has 2 aromatic rings. The lowest BCUT2D eigenvalue weighted by molar-refractivity contribution is -0.115. The number of rotatable bonds is 4. The van der Waals surface area contributed by atoms with Crippen LogP contribution in [0, 0.1) is 0 Å². The first-order chi connectivity index (χ1) is 8.65. The summed E-state index contributed by atoms with van der Waals surface area (Å²) in [5, 5.41) is 12.2. The number of nitrogens with zero attached hydrogens (tertiary/aromatic N) is 3. The predicted molar refractivity (Wildman–Crippen MR) is 70.6 cm³/mol. The van der Waals surface area contributed by atoms with Crippen LogP contribution in [-0.4, -0.2) is 21.1 Å². The quantitative estimate of drug-likeness (QED) is 0.917. The first-order valence-electron chi connectivity index (χ1n) is 5.67. The molecule has 0 saturated heterocycles. The SMILES string of the molecule is CC(C)c1nnc(NC(=O)Cc2ccncc2)s1. The lowest BCUT2D eigenvalue weighted by atomic mass is 10.2. The van der Waals surface area contributed by atoms with Gasteiger partial charge in [0.2, 0.25) is 11.0 Å². The van der Waals surface area contributed by atoms with Gasteiger partial charge in [0.15, 0.2) is 0 Å². The molecule has 0 saturated carbocycles. The summed E-state index contributed by atoms with van der Waals surface area (Å²) >= 11 is 1.41. The van der Waals surface area contributed by atoms with Gasteiger partial charge in [-0.2, -0.15) is 0 Å². The number of anilines is 1. The predicted octanol–water partition coefficient (Wildman–Crippen LogP) is 2.24. The van der Waals surface area contributed by atoms with E-state index in [1.54, 1.807) is 12.4 Å². The van der Waals surface area contributed by atoms with Crippen LogP contribution in [0.4, 0.5) is 5.13 Å². The van der Waals surface area contributed by atoms with Crippen LogP contribution < -0.4 is 5.32 Å². The highest BCUT2D eigenvalue weighted by atomic mass is 32.1. The third-order valence-electron chi connectivity index (χ3n) is 2.29. The minimum Gasteiger partial charge on any atom is -0.300 e. The van der Waals surface area contributed by atoms with E-state index in [9.17, 15) is 4.79 Å². The van der Waals surface area contributed by atoms with Gasteiger partial charge < -0.3 is 5.32 Å². The zero-order chi connectivity index (χ0) is 13.0. The van der Waals surface area contributed by atoms with Crippen LogP contribution in [0.15, 0.2) is 24.5 Å². The normalized spacial score (nSPS) is 10.6. The first-order valence-corrected chi connectivity index (χ1v) is 6.49. The van der Waals surface area contributed by atoms with Gasteiger partial charge in [-0.1, -0.05) is 25.2 Å². The van der Waals surface area contributed by atoms with Crippen LogP contribution in [0.3, 0.4) is 0 Å². The van der Waals surface area contributed by atoms with E-state index in [0.29, 0.717) is 17.5 Å². The number of pyridine rings is 1. The fraction of sp³-hybridized carbons (Fsp3) is 0.333. The Kier molecular flexibility index (Phi) is 3.99. The van der Waals surface area contributed by atoms with Gasteiger partial charge in [-0.3, -0.25) is 9.78 Å². The van der Waals surface area contributed by atoms with Gasteiger partial charge in [0.05, 0.1) is 6.42 Å². The molecule has 0 aliphatic rings. The van der Waals surface area contributed by atoms with Gasteiger partial charge in [0, 0.05) is 18.3 Å². The van der Waals surface area contributed by atoms with Crippen molar-refractivity contribution >= 4 is 22.4 Å². The summed E-state index contributed by atoms with van der Waals surface area (Å²) in [5.74, 6) is 0.237. The number of hydrogen-bond acceptors (Lipinski definition) is 5. The van der Waals surface area contributed by atoms with Crippen molar-refractivity contribution in [3.8, 4) is 0 Å². The zero-order valence-electron chi connectivity index (χ0n) is 10.3. The van der Waals surface area contributed by atoms with Gasteiger partial charge in [-0.05, 0) is 17.7 Å². The van der Waals surface area contributed by atoms with Crippen LogP contribution in [0.5, 0.6) is 0 Å². The summed E-state index contributed by atoms with van der Waals surface area (Å²) in [6, 6.07) is 3.64. The van der Waals surface area contributed by atoms with Crippen molar-refractivity contribution in [3.05, 3.63) is 35.1 Å². The minimum absolute atomic E-state index is 0.0901. The summed E-state index contributed by atoms with van der Waals surface area (Å²) in [7, 11) is 0. The molecule has 6 heteroatoms. The first kappa shape index (κ1) is 12.6. The Hall–Kier alpha value is -1.82. The number of carbonyl (C=O) groups excluding carboxylic acids is 1. The third kappa shape index (κ3) is 3.33. The molecule has 0 radical (unpaired) electrons. The van der Waals surface area contributed by atoms with Gasteiger partial charge in [0.25, 0.3) is 0 Å². The van der Waals surface area contributed by atoms with E-state index in [1.165, 1.54) is 11.3 Å². The molecule has 0 spiro atoms. The van der Waals surface area contributed by atoms with E-state index in [-0.39, 0.29) is 5.91 Å². The maximum Gasteiger partial charge on any atom is 0.230 e. The Morgan fingerprint density at radius 2 is 2.06 bits per heavy atom. The average Bonchev–Trinajstić information content (AvgIpc) is 2.78. The molecule has 0 atom stereocenters. The molecule has 2 aromatic heterocycles. The lowest BCUT2D eigenvalue weighted by Gasteiger charge is -2.00. The van der Waals surface area contributed by atoms with Crippen LogP contribution in [0.25, 0.3) is 0 Å². The maximum absolute atomic E-state index is 11.8. The number of aromatic nitrogens is 3. The van der Waals surface area contributed by atoms with Crippen molar-refractivity contribution in [2.24, 2.45) is 0 Å². The number of carbonyl (C=O) groups is 1. The fourth-order valence-corrected chi connectivity index (χ4v) is 2.13. The highest BCUT2D eigenvalue weighted by Gasteiger charge is 2.10. The average molecular weight is 262 g/mol. The molecule has 2 rings (SSSR count). The largest absolute Gasteiger partial charge is 0.300 e. The van der Waals surface area contributed by atoms with Crippen molar-refractivity contribution in [1.82, 2.24) is 15.2 Å².